The topological polar surface area (TPSA) is 88.4 Å². The molecule has 0 spiro atoms. The van der Waals surface area contributed by atoms with Gasteiger partial charge >= 0.3 is 6.03 Å². The standard InChI is InChI=1S/C29H28N4O3S/c1-21-9-12-27(13-10-21)37-28-14-11-26(33(35)36)19-23(28)20-32(17-15-24-7-3-4-16-30-24)29(34)31-25-8-5-6-22(2)18-25/h3-14,16,18-19H,15,17,20H2,1-2H3,(H,31,34). The lowest BCUT2D eigenvalue weighted by atomic mass is 10.1. The van der Waals surface area contributed by atoms with E-state index in [9.17, 15) is 14.9 Å². The van der Waals surface area contributed by atoms with Gasteiger partial charge in [0.1, 0.15) is 0 Å². The zero-order valence-electron chi connectivity index (χ0n) is 20.8. The lowest BCUT2D eigenvalue weighted by Crippen LogP contribution is -2.36. The first-order valence-corrected chi connectivity index (χ1v) is 12.7. The minimum absolute atomic E-state index is 0.00738. The largest absolute Gasteiger partial charge is 0.322 e. The summed E-state index contributed by atoms with van der Waals surface area (Å²) in [7, 11) is 0. The number of rotatable bonds is 9. The number of hydrogen-bond acceptors (Lipinski definition) is 5. The van der Waals surface area contributed by atoms with E-state index >= 15 is 0 Å². The molecule has 0 unspecified atom stereocenters. The van der Waals surface area contributed by atoms with Crippen LogP contribution in [0.25, 0.3) is 0 Å². The molecule has 7 nitrogen and oxygen atoms in total. The Morgan fingerprint density at radius 2 is 1.78 bits per heavy atom. The van der Waals surface area contributed by atoms with Crippen molar-refractivity contribution in [2.24, 2.45) is 0 Å². The average Bonchev–Trinajstić information content (AvgIpc) is 2.89. The summed E-state index contributed by atoms with van der Waals surface area (Å²) in [6, 6.07) is 25.9. The summed E-state index contributed by atoms with van der Waals surface area (Å²) in [6.07, 6.45) is 2.28. The minimum atomic E-state index is -0.408. The van der Waals surface area contributed by atoms with E-state index in [4.69, 9.17) is 0 Å². The van der Waals surface area contributed by atoms with Gasteiger partial charge in [0.05, 0.1) is 4.92 Å². The fourth-order valence-corrected chi connectivity index (χ4v) is 4.73. The number of carbonyl (C=O) groups is 1. The molecule has 1 N–H and O–H groups in total. The van der Waals surface area contributed by atoms with Crippen LogP contribution in [0.1, 0.15) is 22.4 Å². The Morgan fingerprint density at radius 3 is 2.49 bits per heavy atom. The van der Waals surface area contributed by atoms with Crippen LogP contribution in [0.5, 0.6) is 0 Å². The van der Waals surface area contributed by atoms with Crippen molar-refractivity contribution in [1.82, 2.24) is 9.88 Å². The first kappa shape index (κ1) is 25.9. The van der Waals surface area contributed by atoms with Crippen molar-refractivity contribution in [2.45, 2.75) is 36.6 Å². The third-order valence-electron chi connectivity index (χ3n) is 5.79. The number of nitro benzene ring substituents is 1. The van der Waals surface area contributed by atoms with Crippen LogP contribution in [-0.4, -0.2) is 27.4 Å². The van der Waals surface area contributed by atoms with Gasteiger partial charge in [-0.05, 0) is 67.4 Å². The van der Waals surface area contributed by atoms with Crippen LogP contribution >= 0.6 is 11.8 Å². The number of non-ortho nitro benzene ring substituents is 1. The first-order valence-electron chi connectivity index (χ1n) is 11.9. The van der Waals surface area contributed by atoms with E-state index in [1.54, 1.807) is 23.2 Å². The SMILES string of the molecule is Cc1ccc(Sc2ccc([N+](=O)[O-])cc2CN(CCc2ccccn2)C(=O)Nc2cccc(C)c2)cc1. The second kappa shape index (κ2) is 12.2. The summed E-state index contributed by atoms with van der Waals surface area (Å²) in [4.78, 5) is 32.5. The number of carbonyl (C=O) groups excluding carboxylic acids is 1. The summed E-state index contributed by atoms with van der Waals surface area (Å²) in [5.41, 5.74) is 4.45. The number of anilines is 1. The predicted octanol–water partition coefficient (Wildman–Crippen LogP) is 7.03. The van der Waals surface area contributed by atoms with Gasteiger partial charge in [-0.2, -0.15) is 0 Å². The second-order valence-corrected chi connectivity index (χ2v) is 9.87. The van der Waals surface area contributed by atoms with Crippen molar-refractivity contribution in [3.63, 3.8) is 0 Å². The zero-order valence-corrected chi connectivity index (χ0v) is 21.6. The number of urea groups is 1. The number of hydrogen-bond donors (Lipinski definition) is 1. The van der Waals surface area contributed by atoms with Crippen LogP contribution in [-0.2, 0) is 13.0 Å². The summed E-state index contributed by atoms with van der Waals surface area (Å²) in [6.45, 7) is 4.59. The Kier molecular flexibility index (Phi) is 8.53. The number of nitrogens with zero attached hydrogens (tertiary/aromatic N) is 3. The van der Waals surface area contributed by atoms with E-state index in [-0.39, 0.29) is 18.3 Å². The van der Waals surface area contributed by atoms with E-state index < -0.39 is 4.92 Å². The van der Waals surface area contributed by atoms with E-state index in [0.717, 1.165) is 26.6 Å². The normalized spacial score (nSPS) is 10.6. The van der Waals surface area contributed by atoms with Crippen LogP contribution in [0.15, 0.2) is 101 Å². The number of pyridine rings is 1. The highest BCUT2D eigenvalue weighted by molar-refractivity contribution is 7.99. The Labute approximate surface area is 220 Å². The molecule has 0 aliphatic heterocycles. The van der Waals surface area contributed by atoms with Gasteiger partial charge in [-0.3, -0.25) is 15.1 Å². The molecular weight excluding hydrogens is 484 g/mol. The van der Waals surface area contributed by atoms with Crippen molar-refractivity contribution in [2.75, 3.05) is 11.9 Å². The molecule has 0 aliphatic rings. The van der Waals surface area contributed by atoms with Crippen LogP contribution in [0.4, 0.5) is 16.2 Å². The molecule has 1 heterocycles. The molecule has 0 bridgehead atoms. The molecule has 0 saturated carbocycles. The molecule has 188 valence electrons. The van der Waals surface area contributed by atoms with Gasteiger partial charge in [0.25, 0.3) is 5.69 Å². The van der Waals surface area contributed by atoms with Gasteiger partial charge in [0.15, 0.2) is 0 Å². The molecule has 0 fully saturated rings. The maximum Gasteiger partial charge on any atom is 0.322 e. The van der Waals surface area contributed by atoms with Crippen LogP contribution < -0.4 is 5.32 Å². The molecule has 4 rings (SSSR count). The number of amides is 2. The summed E-state index contributed by atoms with van der Waals surface area (Å²) >= 11 is 1.52. The smallest absolute Gasteiger partial charge is 0.320 e. The molecule has 0 aliphatic carbocycles. The van der Waals surface area contributed by atoms with Gasteiger partial charge in [0.2, 0.25) is 0 Å². The molecule has 4 aromatic rings. The maximum atomic E-state index is 13.4. The lowest BCUT2D eigenvalue weighted by molar-refractivity contribution is -0.385. The Balaban J connectivity index is 1.63. The first-order chi connectivity index (χ1) is 17.9. The zero-order chi connectivity index (χ0) is 26.2. The molecule has 0 saturated heterocycles. The Hall–Kier alpha value is -4.17. The number of nitro groups is 1. The highest BCUT2D eigenvalue weighted by Crippen LogP contribution is 2.33. The van der Waals surface area contributed by atoms with Crippen LogP contribution in [0.2, 0.25) is 0 Å². The number of benzene rings is 3. The van der Waals surface area contributed by atoms with Crippen LogP contribution in [0, 0.1) is 24.0 Å². The Morgan fingerprint density at radius 1 is 0.973 bits per heavy atom. The maximum absolute atomic E-state index is 13.4. The molecule has 1 aromatic heterocycles. The predicted molar refractivity (Wildman–Crippen MR) is 147 cm³/mol. The Bertz CT molecular complexity index is 1380. The van der Waals surface area contributed by atoms with Crippen molar-refractivity contribution in [3.8, 4) is 0 Å². The number of nitrogens with one attached hydrogen (secondary N) is 1. The van der Waals surface area contributed by atoms with Gasteiger partial charge in [-0.15, -0.1) is 0 Å². The quantitative estimate of drug-likeness (QED) is 0.192. The summed E-state index contributed by atoms with van der Waals surface area (Å²) < 4.78 is 0. The van der Waals surface area contributed by atoms with Crippen LogP contribution in [0.3, 0.4) is 0 Å². The van der Waals surface area contributed by atoms with Gasteiger partial charge in [-0.25, -0.2) is 4.79 Å². The average molecular weight is 513 g/mol. The molecular formula is C29H28N4O3S. The monoisotopic (exact) mass is 512 g/mol. The number of aryl methyl sites for hydroxylation is 2. The van der Waals surface area contributed by atoms with Gasteiger partial charge < -0.3 is 10.2 Å². The molecule has 8 heteroatoms. The lowest BCUT2D eigenvalue weighted by Gasteiger charge is -2.24. The number of aromatic nitrogens is 1. The second-order valence-electron chi connectivity index (χ2n) is 8.76. The van der Waals surface area contributed by atoms with E-state index in [1.807, 2.05) is 80.6 Å². The van der Waals surface area contributed by atoms with E-state index in [2.05, 4.69) is 10.3 Å². The van der Waals surface area contributed by atoms with E-state index in [0.29, 0.717) is 24.2 Å². The highest BCUT2D eigenvalue weighted by Gasteiger charge is 2.19. The molecule has 2 amide bonds. The van der Waals surface area contributed by atoms with Gasteiger partial charge in [0, 0.05) is 59.0 Å². The molecule has 0 atom stereocenters. The van der Waals surface area contributed by atoms with Crippen molar-refractivity contribution < 1.29 is 9.72 Å². The fraction of sp³-hybridized carbons (Fsp3) is 0.172. The summed E-state index contributed by atoms with van der Waals surface area (Å²) in [5, 5.41) is 14.5. The molecule has 3 aromatic carbocycles. The third-order valence-corrected chi connectivity index (χ3v) is 6.91. The van der Waals surface area contributed by atoms with Crippen molar-refractivity contribution >= 4 is 29.2 Å². The molecule has 0 radical (unpaired) electrons. The van der Waals surface area contributed by atoms with Crippen molar-refractivity contribution in [3.05, 3.63) is 124 Å². The highest BCUT2D eigenvalue weighted by atomic mass is 32.2. The van der Waals surface area contributed by atoms with E-state index in [1.165, 1.54) is 17.8 Å². The third kappa shape index (κ3) is 7.41. The minimum Gasteiger partial charge on any atom is -0.320 e. The summed E-state index contributed by atoms with van der Waals surface area (Å²) in [5.74, 6) is 0. The fourth-order valence-electron chi connectivity index (χ4n) is 3.81. The molecule has 37 heavy (non-hydrogen) atoms. The van der Waals surface area contributed by atoms with Gasteiger partial charge in [-0.1, -0.05) is 47.7 Å². The van der Waals surface area contributed by atoms with Crippen molar-refractivity contribution in [1.29, 1.82) is 0 Å².